The molecule has 1 aliphatic carbocycles. The molecule has 0 radical (unpaired) electrons. The molecule has 22 heavy (non-hydrogen) atoms. The molecule has 1 heterocycles. The molecule has 4 heteroatoms. The quantitative estimate of drug-likeness (QED) is 0.872. The number of nitrogens with zero attached hydrogens (tertiary/aromatic N) is 2. The van der Waals surface area contributed by atoms with Crippen molar-refractivity contribution in [2.24, 2.45) is 5.92 Å². The molecule has 1 aliphatic heterocycles. The lowest BCUT2D eigenvalue weighted by atomic mass is 9.90. The maximum absolute atomic E-state index is 12.4. The van der Waals surface area contributed by atoms with Crippen LogP contribution in [0, 0.1) is 17.2 Å². The minimum absolute atomic E-state index is 0.0145. The number of nitriles is 1. The van der Waals surface area contributed by atoms with E-state index in [1.807, 2.05) is 6.07 Å². The number of nitrogens with one attached hydrogen (secondary N) is 1. The second-order valence-corrected chi connectivity index (χ2v) is 6.51. The van der Waals surface area contributed by atoms with Crippen LogP contribution in [-0.4, -0.2) is 25.0 Å². The molecular weight excluding hydrogens is 274 g/mol. The van der Waals surface area contributed by atoms with Gasteiger partial charge < -0.3 is 10.2 Å². The first-order valence-electron chi connectivity index (χ1n) is 8.22. The van der Waals surface area contributed by atoms with Gasteiger partial charge in [-0.2, -0.15) is 5.26 Å². The molecule has 0 aromatic heterocycles. The number of fused-ring (bicyclic) bond motifs is 1. The first kappa shape index (κ1) is 14.9. The van der Waals surface area contributed by atoms with Crippen LogP contribution in [0.5, 0.6) is 0 Å². The minimum atomic E-state index is -0.142. The van der Waals surface area contributed by atoms with Crippen LogP contribution in [0.4, 0.5) is 5.69 Å². The van der Waals surface area contributed by atoms with E-state index in [9.17, 15) is 4.79 Å². The molecule has 1 aromatic carbocycles. The van der Waals surface area contributed by atoms with E-state index in [1.165, 1.54) is 29.7 Å². The third-order valence-corrected chi connectivity index (χ3v) is 4.84. The van der Waals surface area contributed by atoms with Crippen LogP contribution in [0.25, 0.3) is 0 Å². The van der Waals surface area contributed by atoms with E-state index >= 15 is 0 Å². The standard InChI is InChI=1S/C18H23N3O/c1-13-11-17(18(22)20-10-9-19)21(12-13)16-8-4-6-14-5-2-3-7-15(14)16/h4,6,8,13,17H,2-3,5,7,10-12H2,1H3,(H,20,22)/t13-,17-/m0/s1. The lowest BCUT2D eigenvalue weighted by Gasteiger charge is -2.30. The van der Waals surface area contributed by atoms with Gasteiger partial charge >= 0.3 is 0 Å². The van der Waals surface area contributed by atoms with Crippen molar-refractivity contribution in [3.63, 3.8) is 0 Å². The number of carbonyl (C=O) groups excluding carboxylic acids is 1. The van der Waals surface area contributed by atoms with Gasteiger partial charge in [-0.1, -0.05) is 19.1 Å². The monoisotopic (exact) mass is 297 g/mol. The van der Waals surface area contributed by atoms with Crippen molar-refractivity contribution in [3.05, 3.63) is 29.3 Å². The Hall–Kier alpha value is -2.02. The highest BCUT2D eigenvalue weighted by molar-refractivity contribution is 5.86. The van der Waals surface area contributed by atoms with E-state index in [1.54, 1.807) is 0 Å². The molecule has 4 nitrogen and oxygen atoms in total. The highest BCUT2D eigenvalue weighted by Crippen LogP contribution is 2.35. The minimum Gasteiger partial charge on any atom is -0.359 e. The Morgan fingerprint density at radius 2 is 2.23 bits per heavy atom. The Labute approximate surface area is 132 Å². The predicted octanol–water partition coefficient (Wildman–Crippen LogP) is 2.42. The highest BCUT2D eigenvalue weighted by Gasteiger charge is 2.36. The van der Waals surface area contributed by atoms with Crippen LogP contribution in [0.1, 0.15) is 37.3 Å². The molecule has 2 aliphatic rings. The van der Waals surface area contributed by atoms with Gasteiger partial charge in [0, 0.05) is 12.2 Å². The summed E-state index contributed by atoms with van der Waals surface area (Å²) in [5, 5.41) is 11.4. The van der Waals surface area contributed by atoms with Gasteiger partial charge in [0.25, 0.3) is 0 Å². The molecular formula is C18H23N3O. The fourth-order valence-corrected chi connectivity index (χ4v) is 3.84. The number of anilines is 1. The van der Waals surface area contributed by atoms with Gasteiger partial charge in [-0.3, -0.25) is 4.79 Å². The molecule has 0 bridgehead atoms. The Kier molecular flexibility index (Phi) is 4.33. The SMILES string of the molecule is C[C@H]1C[C@@H](C(=O)NCC#N)N(c2cccc3c2CCCC3)C1. The van der Waals surface area contributed by atoms with E-state index in [0.717, 1.165) is 25.8 Å². The van der Waals surface area contributed by atoms with Crippen molar-refractivity contribution in [2.75, 3.05) is 18.0 Å². The van der Waals surface area contributed by atoms with E-state index in [-0.39, 0.29) is 18.5 Å². The summed E-state index contributed by atoms with van der Waals surface area (Å²) in [7, 11) is 0. The van der Waals surface area contributed by atoms with Gasteiger partial charge in [0.2, 0.25) is 5.91 Å². The van der Waals surface area contributed by atoms with E-state index < -0.39 is 0 Å². The normalized spacial score (nSPS) is 23.7. The average molecular weight is 297 g/mol. The summed E-state index contributed by atoms with van der Waals surface area (Å²) in [6, 6.07) is 8.35. The summed E-state index contributed by atoms with van der Waals surface area (Å²) in [4.78, 5) is 14.7. The summed E-state index contributed by atoms with van der Waals surface area (Å²) in [5.41, 5.74) is 4.11. The lowest BCUT2D eigenvalue weighted by molar-refractivity contribution is -0.122. The zero-order chi connectivity index (χ0) is 15.5. The third-order valence-electron chi connectivity index (χ3n) is 4.84. The molecule has 1 saturated heterocycles. The zero-order valence-corrected chi connectivity index (χ0v) is 13.1. The largest absolute Gasteiger partial charge is 0.359 e. The molecule has 2 atom stereocenters. The maximum Gasteiger partial charge on any atom is 0.243 e. The van der Waals surface area contributed by atoms with Crippen molar-refractivity contribution in [2.45, 2.75) is 45.1 Å². The van der Waals surface area contributed by atoms with Crippen molar-refractivity contribution in [1.82, 2.24) is 5.32 Å². The van der Waals surface area contributed by atoms with E-state index in [0.29, 0.717) is 5.92 Å². The van der Waals surface area contributed by atoms with Crippen LogP contribution in [0.15, 0.2) is 18.2 Å². The van der Waals surface area contributed by atoms with Crippen molar-refractivity contribution < 1.29 is 4.79 Å². The predicted molar refractivity (Wildman–Crippen MR) is 86.6 cm³/mol. The first-order valence-corrected chi connectivity index (χ1v) is 8.22. The molecule has 0 unspecified atom stereocenters. The summed E-state index contributed by atoms with van der Waals surface area (Å²) in [6.45, 7) is 3.20. The number of hydrogen-bond donors (Lipinski definition) is 1. The van der Waals surface area contributed by atoms with Crippen LogP contribution >= 0.6 is 0 Å². The fourth-order valence-electron chi connectivity index (χ4n) is 3.84. The second kappa shape index (κ2) is 6.39. The van der Waals surface area contributed by atoms with E-state index in [4.69, 9.17) is 5.26 Å². The first-order chi connectivity index (χ1) is 10.7. The van der Waals surface area contributed by atoms with Gasteiger partial charge in [0.05, 0.1) is 6.07 Å². The molecule has 1 aromatic rings. The van der Waals surface area contributed by atoms with Gasteiger partial charge in [-0.25, -0.2) is 0 Å². The zero-order valence-electron chi connectivity index (χ0n) is 13.1. The number of amides is 1. The van der Waals surface area contributed by atoms with Gasteiger partial charge in [-0.15, -0.1) is 0 Å². The number of benzene rings is 1. The van der Waals surface area contributed by atoms with Crippen molar-refractivity contribution >= 4 is 11.6 Å². The molecule has 3 rings (SSSR count). The highest BCUT2D eigenvalue weighted by atomic mass is 16.2. The Bertz CT molecular complexity index is 605. The Balaban J connectivity index is 1.89. The smallest absolute Gasteiger partial charge is 0.243 e. The second-order valence-electron chi connectivity index (χ2n) is 6.51. The Morgan fingerprint density at radius 1 is 1.41 bits per heavy atom. The van der Waals surface area contributed by atoms with Crippen molar-refractivity contribution in [1.29, 1.82) is 5.26 Å². The summed E-state index contributed by atoms with van der Waals surface area (Å²) < 4.78 is 0. The van der Waals surface area contributed by atoms with Crippen LogP contribution in [0.3, 0.4) is 0 Å². The Morgan fingerprint density at radius 3 is 3.05 bits per heavy atom. The summed E-state index contributed by atoms with van der Waals surface area (Å²) in [5.74, 6) is 0.483. The summed E-state index contributed by atoms with van der Waals surface area (Å²) >= 11 is 0. The molecule has 0 saturated carbocycles. The van der Waals surface area contributed by atoms with Gasteiger partial charge in [-0.05, 0) is 55.2 Å². The van der Waals surface area contributed by atoms with Crippen molar-refractivity contribution in [3.8, 4) is 6.07 Å². The summed E-state index contributed by atoms with van der Waals surface area (Å²) in [6.07, 6.45) is 5.62. The molecule has 1 amide bonds. The number of aryl methyl sites for hydroxylation is 1. The molecule has 1 fully saturated rings. The number of hydrogen-bond acceptors (Lipinski definition) is 3. The van der Waals surface area contributed by atoms with E-state index in [2.05, 4.69) is 35.3 Å². The third kappa shape index (κ3) is 2.81. The molecule has 0 spiro atoms. The van der Waals surface area contributed by atoms with Gasteiger partial charge in [0.15, 0.2) is 0 Å². The maximum atomic E-state index is 12.4. The topological polar surface area (TPSA) is 56.1 Å². The van der Waals surface area contributed by atoms with Gasteiger partial charge in [0.1, 0.15) is 12.6 Å². The number of rotatable bonds is 3. The molecule has 116 valence electrons. The van der Waals surface area contributed by atoms with Crippen LogP contribution < -0.4 is 10.2 Å². The van der Waals surface area contributed by atoms with Crippen LogP contribution in [-0.2, 0) is 17.6 Å². The van der Waals surface area contributed by atoms with Crippen LogP contribution in [0.2, 0.25) is 0 Å². The number of carbonyl (C=O) groups is 1. The molecule has 1 N–H and O–H groups in total. The lowest BCUT2D eigenvalue weighted by Crippen LogP contribution is -2.44. The average Bonchev–Trinajstić information content (AvgIpc) is 2.94. The fraction of sp³-hybridized carbons (Fsp3) is 0.556.